The molecule has 2 atom stereocenters. The van der Waals surface area contributed by atoms with Gasteiger partial charge in [-0.25, -0.2) is 0 Å². The monoisotopic (exact) mass is 536 g/mol. The van der Waals surface area contributed by atoms with Gasteiger partial charge >= 0.3 is 0 Å². The van der Waals surface area contributed by atoms with Crippen molar-refractivity contribution in [2.75, 3.05) is 13.6 Å². The number of pyridine rings is 1. The van der Waals surface area contributed by atoms with Gasteiger partial charge in [-0.05, 0) is 40.8 Å². The summed E-state index contributed by atoms with van der Waals surface area (Å²) in [7, 11) is 1.59. The minimum absolute atomic E-state index is 0.0992. The van der Waals surface area contributed by atoms with E-state index in [-0.39, 0.29) is 43.1 Å². The molecule has 0 saturated carbocycles. The molecule has 7 nitrogen and oxygen atoms in total. The quantitative estimate of drug-likeness (QED) is 0.353. The number of carbonyl (C=O) groups excluding carboxylic acids is 3. The Morgan fingerprint density at radius 1 is 0.950 bits per heavy atom. The predicted octanol–water partition coefficient (Wildman–Crippen LogP) is 4.72. The SMILES string of the molecule is CNC(=O)[C@H](Cc1ccc2ccccc2c1)N1CCC(=O)N(Cc2ccc3ccccc3n2)[C@@H](CC(C)C)C1=O. The molecule has 0 radical (unpaired) electrons. The van der Waals surface area contributed by atoms with E-state index in [1.807, 2.05) is 80.6 Å². The van der Waals surface area contributed by atoms with Gasteiger partial charge in [0.25, 0.3) is 0 Å². The maximum absolute atomic E-state index is 14.2. The molecule has 1 aliphatic heterocycles. The lowest BCUT2D eigenvalue weighted by molar-refractivity contribution is -0.146. The van der Waals surface area contributed by atoms with E-state index in [1.54, 1.807) is 16.8 Å². The molecule has 1 N–H and O–H groups in total. The van der Waals surface area contributed by atoms with E-state index >= 15 is 0 Å². The third-order valence-corrected chi connectivity index (χ3v) is 7.68. The second kappa shape index (κ2) is 11.9. The summed E-state index contributed by atoms with van der Waals surface area (Å²) in [6, 6.07) is 24.6. The number of aromatic nitrogens is 1. The molecule has 1 aliphatic rings. The Kier molecular flexibility index (Phi) is 8.10. The Morgan fingerprint density at radius 2 is 1.65 bits per heavy atom. The number of nitrogens with zero attached hydrogens (tertiary/aromatic N) is 3. The number of fused-ring (bicyclic) bond motifs is 2. The first-order valence-electron chi connectivity index (χ1n) is 14.0. The number of nitrogens with one attached hydrogen (secondary N) is 1. The Labute approximate surface area is 235 Å². The van der Waals surface area contributed by atoms with Gasteiger partial charge in [-0.15, -0.1) is 0 Å². The zero-order valence-corrected chi connectivity index (χ0v) is 23.3. The number of carbonyl (C=O) groups is 3. The van der Waals surface area contributed by atoms with Gasteiger partial charge in [-0.3, -0.25) is 19.4 Å². The molecule has 1 aromatic heterocycles. The summed E-state index contributed by atoms with van der Waals surface area (Å²) in [4.78, 5) is 49.1. The van der Waals surface area contributed by atoms with E-state index in [9.17, 15) is 14.4 Å². The highest BCUT2D eigenvalue weighted by Crippen LogP contribution is 2.25. The largest absolute Gasteiger partial charge is 0.357 e. The number of benzene rings is 3. The van der Waals surface area contributed by atoms with Crippen LogP contribution in [0.4, 0.5) is 0 Å². The number of hydrogen-bond donors (Lipinski definition) is 1. The maximum atomic E-state index is 14.2. The van der Waals surface area contributed by atoms with Crippen molar-refractivity contribution in [1.29, 1.82) is 0 Å². The van der Waals surface area contributed by atoms with E-state index in [0.29, 0.717) is 12.8 Å². The van der Waals surface area contributed by atoms with Gasteiger partial charge in [0.15, 0.2) is 0 Å². The molecular formula is C33H36N4O3. The van der Waals surface area contributed by atoms with Gasteiger partial charge in [-0.2, -0.15) is 0 Å². The number of amides is 3. The van der Waals surface area contributed by atoms with Gasteiger partial charge in [0, 0.05) is 31.8 Å². The van der Waals surface area contributed by atoms with Crippen molar-refractivity contribution in [3.63, 3.8) is 0 Å². The second-order valence-corrected chi connectivity index (χ2v) is 11.0. The smallest absolute Gasteiger partial charge is 0.246 e. The lowest BCUT2D eigenvalue weighted by Gasteiger charge is -2.35. The highest BCUT2D eigenvalue weighted by Gasteiger charge is 2.41. The second-order valence-electron chi connectivity index (χ2n) is 11.0. The summed E-state index contributed by atoms with van der Waals surface area (Å²) in [6.07, 6.45) is 1.02. The van der Waals surface area contributed by atoms with Crippen LogP contribution in [0.3, 0.4) is 0 Å². The minimum atomic E-state index is -0.722. The first-order chi connectivity index (χ1) is 19.3. The van der Waals surface area contributed by atoms with Crippen LogP contribution >= 0.6 is 0 Å². The fraction of sp³-hybridized carbons (Fsp3) is 0.333. The van der Waals surface area contributed by atoms with E-state index in [0.717, 1.165) is 32.9 Å². The molecule has 2 heterocycles. The van der Waals surface area contributed by atoms with E-state index in [4.69, 9.17) is 4.98 Å². The Hall–Kier alpha value is -4.26. The lowest BCUT2D eigenvalue weighted by Crippen LogP contribution is -2.55. The molecule has 1 fully saturated rings. The molecule has 4 aromatic rings. The molecule has 1 saturated heterocycles. The van der Waals surface area contributed by atoms with Crippen molar-refractivity contribution in [3.05, 3.63) is 90.1 Å². The summed E-state index contributed by atoms with van der Waals surface area (Å²) < 4.78 is 0. The summed E-state index contributed by atoms with van der Waals surface area (Å²) in [6.45, 7) is 4.53. The van der Waals surface area contributed by atoms with Crippen molar-refractivity contribution in [3.8, 4) is 0 Å². The van der Waals surface area contributed by atoms with Crippen molar-refractivity contribution in [1.82, 2.24) is 20.1 Å². The van der Waals surface area contributed by atoms with Crippen LogP contribution in [0.15, 0.2) is 78.9 Å². The Morgan fingerprint density at radius 3 is 2.40 bits per heavy atom. The first-order valence-corrected chi connectivity index (χ1v) is 14.0. The average Bonchev–Trinajstić information content (AvgIpc) is 3.07. The Bertz CT molecular complexity index is 1550. The number of para-hydroxylation sites is 1. The predicted molar refractivity (Wildman–Crippen MR) is 157 cm³/mol. The molecule has 0 aliphatic carbocycles. The van der Waals surface area contributed by atoms with Crippen molar-refractivity contribution < 1.29 is 14.4 Å². The highest BCUT2D eigenvalue weighted by molar-refractivity contribution is 5.94. The average molecular weight is 537 g/mol. The van der Waals surface area contributed by atoms with Crippen LogP contribution in [-0.4, -0.2) is 58.2 Å². The molecule has 206 valence electrons. The van der Waals surface area contributed by atoms with Crippen molar-refractivity contribution in [2.24, 2.45) is 5.92 Å². The van der Waals surface area contributed by atoms with Crippen LogP contribution < -0.4 is 5.32 Å². The third-order valence-electron chi connectivity index (χ3n) is 7.68. The van der Waals surface area contributed by atoms with Crippen LogP contribution in [0.5, 0.6) is 0 Å². The molecule has 7 heteroatoms. The number of hydrogen-bond acceptors (Lipinski definition) is 4. The van der Waals surface area contributed by atoms with Crippen molar-refractivity contribution in [2.45, 2.75) is 51.7 Å². The maximum Gasteiger partial charge on any atom is 0.246 e. The third kappa shape index (κ3) is 5.83. The topological polar surface area (TPSA) is 82.6 Å². The van der Waals surface area contributed by atoms with E-state index in [2.05, 4.69) is 17.4 Å². The van der Waals surface area contributed by atoms with Crippen molar-refractivity contribution >= 4 is 39.4 Å². The van der Waals surface area contributed by atoms with E-state index < -0.39 is 12.1 Å². The fourth-order valence-corrected chi connectivity index (χ4v) is 5.62. The van der Waals surface area contributed by atoms with Gasteiger partial charge in [0.1, 0.15) is 12.1 Å². The highest BCUT2D eigenvalue weighted by atomic mass is 16.2. The van der Waals surface area contributed by atoms with Gasteiger partial charge < -0.3 is 15.1 Å². The fourth-order valence-electron chi connectivity index (χ4n) is 5.62. The van der Waals surface area contributed by atoms with Gasteiger partial charge in [-0.1, -0.05) is 80.6 Å². The molecule has 3 aromatic carbocycles. The molecule has 0 unspecified atom stereocenters. The van der Waals surface area contributed by atoms with Crippen LogP contribution in [-0.2, 0) is 27.3 Å². The van der Waals surface area contributed by atoms with Crippen LogP contribution in [0.1, 0.15) is 37.9 Å². The van der Waals surface area contributed by atoms with Crippen LogP contribution in [0.2, 0.25) is 0 Å². The molecule has 40 heavy (non-hydrogen) atoms. The van der Waals surface area contributed by atoms with Gasteiger partial charge in [0.2, 0.25) is 17.7 Å². The molecule has 0 bridgehead atoms. The molecule has 3 amide bonds. The van der Waals surface area contributed by atoms with E-state index in [1.165, 1.54) is 0 Å². The Balaban J connectivity index is 1.46. The zero-order valence-electron chi connectivity index (χ0n) is 23.3. The first kappa shape index (κ1) is 27.3. The van der Waals surface area contributed by atoms with Crippen LogP contribution in [0.25, 0.3) is 21.7 Å². The summed E-state index contributed by atoms with van der Waals surface area (Å²) in [5.41, 5.74) is 2.56. The normalized spacial score (nSPS) is 16.9. The zero-order chi connectivity index (χ0) is 28.2. The summed E-state index contributed by atoms with van der Waals surface area (Å²) in [5.74, 6) is -0.345. The molecule has 0 spiro atoms. The lowest BCUT2D eigenvalue weighted by atomic mass is 9.97. The summed E-state index contributed by atoms with van der Waals surface area (Å²) in [5, 5.41) is 5.98. The summed E-state index contributed by atoms with van der Waals surface area (Å²) >= 11 is 0. The standard InChI is InChI=1S/C33H36N4O3/c1-22(2)18-30-33(40)36(29(32(39)34-3)20-23-12-13-24-8-4-5-10-26(24)19-23)17-16-31(38)37(30)21-27-15-14-25-9-6-7-11-28(25)35-27/h4-15,19,22,29-30H,16-18,20-21H2,1-3H3,(H,34,39)/t29-,30-/m0/s1. The molecule has 5 rings (SSSR count). The number of likely N-dealkylation sites (N-methyl/N-ethyl adjacent to an activating group) is 1. The minimum Gasteiger partial charge on any atom is -0.357 e. The van der Waals surface area contributed by atoms with Gasteiger partial charge in [0.05, 0.1) is 17.8 Å². The number of rotatable bonds is 8. The van der Waals surface area contributed by atoms with Crippen LogP contribution in [0, 0.1) is 5.92 Å². The molecular weight excluding hydrogens is 500 g/mol.